The van der Waals surface area contributed by atoms with E-state index in [1.807, 2.05) is 6.92 Å². The van der Waals surface area contributed by atoms with Crippen molar-refractivity contribution in [1.82, 2.24) is 10.3 Å². The number of carbonyl (C=O) groups excluding carboxylic acids is 2. The molecular weight excluding hydrogens is 330 g/mol. The Kier molecular flexibility index (Phi) is 5.30. The first kappa shape index (κ1) is 17.6. The lowest BCUT2D eigenvalue weighted by atomic mass is 10.2. The van der Waals surface area contributed by atoms with Crippen molar-refractivity contribution in [3.05, 3.63) is 45.4 Å². The van der Waals surface area contributed by atoms with Crippen molar-refractivity contribution in [3.8, 4) is 0 Å². The summed E-state index contributed by atoms with van der Waals surface area (Å²) in [5, 5.41) is 14.7. The number of aromatic nitrogens is 1. The Morgan fingerprint density at radius 3 is 2.25 bits per heavy atom. The molecule has 0 aliphatic rings. The highest BCUT2D eigenvalue weighted by molar-refractivity contribution is 7.13. The van der Waals surface area contributed by atoms with Gasteiger partial charge in [-0.25, -0.2) is 4.98 Å². The van der Waals surface area contributed by atoms with E-state index in [2.05, 4.69) is 15.6 Å². The van der Waals surface area contributed by atoms with E-state index < -0.39 is 17.9 Å². The van der Waals surface area contributed by atoms with E-state index in [0.29, 0.717) is 21.8 Å². The maximum absolute atomic E-state index is 12.2. The SMILES string of the molecule is Cc1nc(C)c(C(=O)Nc2ccc(C(=O)NC(C)C(=O)O)cc2)s1. The van der Waals surface area contributed by atoms with Crippen molar-refractivity contribution in [2.24, 2.45) is 0 Å². The minimum atomic E-state index is -1.11. The molecule has 1 aromatic carbocycles. The van der Waals surface area contributed by atoms with Crippen LogP contribution in [0.4, 0.5) is 5.69 Å². The molecule has 7 nitrogen and oxygen atoms in total. The third-order valence-electron chi connectivity index (χ3n) is 3.23. The average Bonchev–Trinajstić information content (AvgIpc) is 2.86. The van der Waals surface area contributed by atoms with Crippen LogP contribution in [0.3, 0.4) is 0 Å². The topological polar surface area (TPSA) is 108 Å². The van der Waals surface area contributed by atoms with Crippen molar-refractivity contribution in [3.63, 3.8) is 0 Å². The number of amides is 2. The largest absolute Gasteiger partial charge is 0.480 e. The first-order chi connectivity index (χ1) is 11.3. The molecular formula is C16H17N3O4S. The van der Waals surface area contributed by atoms with E-state index in [0.717, 1.165) is 5.01 Å². The van der Waals surface area contributed by atoms with E-state index in [9.17, 15) is 14.4 Å². The van der Waals surface area contributed by atoms with Gasteiger partial charge < -0.3 is 15.7 Å². The van der Waals surface area contributed by atoms with Gasteiger partial charge in [-0.15, -0.1) is 11.3 Å². The third-order valence-corrected chi connectivity index (χ3v) is 4.30. The van der Waals surface area contributed by atoms with Gasteiger partial charge in [-0.2, -0.15) is 0 Å². The number of hydrogen-bond donors (Lipinski definition) is 3. The number of rotatable bonds is 5. The zero-order valence-corrected chi connectivity index (χ0v) is 14.2. The van der Waals surface area contributed by atoms with Crippen LogP contribution < -0.4 is 10.6 Å². The number of hydrogen-bond acceptors (Lipinski definition) is 5. The molecule has 2 rings (SSSR count). The molecule has 0 saturated heterocycles. The minimum Gasteiger partial charge on any atom is -0.480 e. The summed E-state index contributed by atoms with van der Waals surface area (Å²) in [5.74, 6) is -1.85. The first-order valence-electron chi connectivity index (χ1n) is 7.17. The van der Waals surface area contributed by atoms with Crippen LogP contribution in [0.1, 0.15) is 37.7 Å². The first-order valence-corrected chi connectivity index (χ1v) is 7.98. The molecule has 3 N–H and O–H groups in total. The van der Waals surface area contributed by atoms with Gasteiger partial charge in [0.15, 0.2) is 0 Å². The highest BCUT2D eigenvalue weighted by atomic mass is 32.1. The lowest BCUT2D eigenvalue weighted by Gasteiger charge is -2.10. The number of aryl methyl sites for hydroxylation is 2. The quantitative estimate of drug-likeness (QED) is 0.768. The van der Waals surface area contributed by atoms with Gasteiger partial charge in [-0.1, -0.05) is 0 Å². The summed E-state index contributed by atoms with van der Waals surface area (Å²) in [5.41, 5.74) is 1.52. The van der Waals surface area contributed by atoms with Crippen LogP contribution in [0.15, 0.2) is 24.3 Å². The second kappa shape index (κ2) is 7.22. The van der Waals surface area contributed by atoms with Crippen molar-refractivity contribution < 1.29 is 19.5 Å². The number of benzene rings is 1. The molecule has 0 saturated carbocycles. The average molecular weight is 347 g/mol. The van der Waals surface area contributed by atoms with Gasteiger partial charge in [0, 0.05) is 11.3 Å². The van der Waals surface area contributed by atoms with E-state index in [1.165, 1.54) is 30.4 Å². The Morgan fingerprint density at radius 1 is 1.12 bits per heavy atom. The zero-order chi connectivity index (χ0) is 17.9. The zero-order valence-electron chi connectivity index (χ0n) is 13.4. The van der Waals surface area contributed by atoms with Crippen LogP contribution in [0.25, 0.3) is 0 Å². The highest BCUT2D eigenvalue weighted by Crippen LogP contribution is 2.19. The molecule has 126 valence electrons. The fourth-order valence-corrected chi connectivity index (χ4v) is 2.79. The number of thiazole rings is 1. The van der Waals surface area contributed by atoms with Crippen molar-refractivity contribution in [2.75, 3.05) is 5.32 Å². The molecule has 1 atom stereocenters. The summed E-state index contributed by atoms with van der Waals surface area (Å²) in [6, 6.07) is 5.23. The summed E-state index contributed by atoms with van der Waals surface area (Å²) in [6.07, 6.45) is 0. The van der Waals surface area contributed by atoms with Gasteiger partial charge in [0.2, 0.25) is 0 Å². The molecule has 0 spiro atoms. The molecule has 1 unspecified atom stereocenters. The predicted molar refractivity (Wildman–Crippen MR) is 90.5 cm³/mol. The van der Waals surface area contributed by atoms with Crippen LogP contribution in [-0.2, 0) is 4.79 Å². The summed E-state index contributed by atoms with van der Waals surface area (Å²) >= 11 is 1.32. The molecule has 0 aliphatic carbocycles. The smallest absolute Gasteiger partial charge is 0.325 e. The fourth-order valence-electron chi connectivity index (χ4n) is 1.98. The van der Waals surface area contributed by atoms with Crippen molar-refractivity contribution in [2.45, 2.75) is 26.8 Å². The maximum atomic E-state index is 12.2. The predicted octanol–water partition coefficient (Wildman–Crippen LogP) is 2.22. The molecule has 0 aliphatic heterocycles. The number of carbonyl (C=O) groups is 3. The molecule has 8 heteroatoms. The van der Waals surface area contributed by atoms with E-state index in [-0.39, 0.29) is 5.91 Å². The standard InChI is InChI=1S/C16H17N3O4S/c1-8-13(24-10(3)17-8)15(21)19-12-6-4-11(5-7-12)14(20)18-9(2)16(22)23/h4-7,9H,1-3H3,(H,18,20)(H,19,21)(H,22,23). The molecule has 24 heavy (non-hydrogen) atoms. The molecule has 0 bridgehead atoms. The lowest BCUT2D eigenvalue weighted by Crippen LogP contribution is -2.38. The number of nitrogens with zero attached hydrogens (tertiary/aromatic N) is 1. The van der Waals surface area contributed by atoms with Gasteiger partial charge in [0.1, 0.15) is 10.9 Å². The summed E-state index contributed by atoms with van der Waals surface area (Å²) in [7, 11) is 0. The highest BCUT2D eigenvalue weighted by Gasteiger charge is 2.16. The third kappa shape index (κ3) is 4.17. The number of carboxylic acid groups (broad SMARTS) is 1. The summed E-state index contributed by atoms with van der Waals surface area (Å²) in [4.78, 5) is 39.6. The minimum absolute atomic E-state index is 0.255. The molecule has 1 heterocycles. The van der Waals surface area contributed by atoms with Gasteiger partial charge in [0.05, 0.1) is 10.7 Å². The number of carboxylic acids is 1. The Hall–Kier alpha value is -2.74. The van der Waals surface area contributed by atoms with Crippen LogP contribution in [0.2, 0.25) is 0 Å². The van der Waals surface area contributed by atoms with E-state index >= 15 is 0 Å². The maximum Gasteiger partial charge on any atom is 0.325 e. The van der Waals surface area contributed by atoms with Crippen LogP contribution in [0, 0.1) is 13.8 Å². The Morgan fingerprint density at radius 2 is 1.75 bits per heavy atom. The molecule has 2 amide bonds. The number of aliphatic carboxylic acids is 1. The Bertz CT molecular complexity index is 783. The second-order valence-electron chi connectivity index (χ2n) is 5.21. The monoisotopic (exact) mass is 347 g/mol. The number of nitrogens with one attached hydrogen (secondary N) is 2. The second-order valence-corrected chi connectivity index (χ2v) is 6.42. The van der Waals surface area contributed by atoms with Gasteiger partial charge >= 0.3 is 5.97 Å². The van der Waals surface area contributed by atoms with Crippen molar-refractivity contribution in [1.29, 1.82) is 0 Å². The Balaban J connectivity index is 2.04. The molecule has 0 fully saturated rings. The van der Waals surface area contributed by atoms with Crippen molar-refractivity contribution >= 4 is 34.8 Å². The van der Waals surface area contributed by atoms with Gasteiger partial charge in [-0.05, 0) is 45.0 Å². The van der Waals surface area contributed by atoms with Gasteiger partial charge in [-0.3, -0.25) is 14.4 Å². The van der Waals surface area contributed by atoms with Crippen LogP contribution >= 0.6 is 11.3 Å². The molecule has 0 radical (unpaired) electrons. The number of anilines is 1. The van der Waals surface area contributed by atoms with E-state index in [4.69, 9.17) is 5.11 Å². The Labute approximate surface area is 142 Å². The van der Waals surface area contributed by atoms with Gasteiger partial charge in [0.25, 0.3) is 11.8 Å². The van der Waals surface area contributed by atoms with Crippen LogP contribution in [0.5, 0.6) is 0 Å². The molecule has 2 aromatic rings. The summed E-state index contributed by atoms with van der Waals surface area (Å²) < 4.78 is 0. The van der Waals surface area contributed by atoms with Crippen LogP contribution in [-0.4, -0.2) is 33.9 Å². The normalized spacial score (nSPS) is 11.6. The fraction of sp³-hybridized carbons (Fsp3) is 0.250. The molecule has 1 aromatic heterocycles. The van der Waals surface area contributed by atoms with E-state index in [1.54, 1.807) is 19.1 Å². The lowest BCUT2D eigenvalue weighted by molar-refractivity contribution is -0.138. The summed E-state index contributed by atoms with van der Waals surface area (Å²) in [6.45, 7) is 4.99.